The number of allylic oxidation sites excluding steroid dienone is 9. The summed E-state index contributed by atoms with van der Waals surface area (Å²) < 4.78 is 22.2. The van der Waals surface area contributed by atoms with Crippen LogP contribution in [0.15, 0.2) is 60.8 Å². The lowest BCUT2D eigenvalue weighted by atomic mass is 10.0. The van der Waals surface area contributed by atoms with Gasteiger partial charge in [0.15, 0.2) is 0 Å². The van der Waals surface area contributed by atoms with Crippen LogP contribution in [0.2, 0.25) is 0 Å². The van der Waals surface area contributed by atoms with Crippen molar-refractivity contribution in [2.24, 2.45) is 5.73 Å². The molecule has 9 heteroatoms. The molecule has 0 aliphatic rings. The van der Waals surface area contributed by atoms with Gasteiger partial charge in [0.2, 0.25) is 5.91 Å². The normalized spacial score (nSPS) is 14.5. The Bertz CT molecular complexity index is 1080. The number of aliphatic hydroxyl groups excluding tert-OH is 1. The quantitative estimate of drug-likeness (QED) is 0.0274. The minimum Gasteiger partial charge on any atom is -0.387 e. The first-order chi connectivity index (χ1) is 27.9. The maximum Gasteiger partial charge on any atom is 0.472 e. The number of carbonyl (C=O) groups excluding carboxylic acids is 1. The molecule has 0 spiro atoms. The van der Waals surface area contributed by atoms with E-state index >= 15 is 0 Å². The summed E-state index contributed by atoms with van der Waals surface area (Å²) >= 11 is 0. The van der Waals surface area contributed by atoms with Crippen LogP contribution in [-0.4, -0.2) is 47.8 Å². The summed E-state index contributed by atoms with van der Waals surface area (Å²) in [5.74, 6) is -0.200. The number of carbonyl (C=O) groups is 1. The molecule has 0 fully saturated rings. The minimum atomic E-state index is -4.34. The summed E-state index contributed by atoms with van der Waals surface area (Å²) in [5.41, 5.74) is 5.38. The molecular weight excluding hydrogens is 732 g/mol. The predicted octanol–water partition coefficient (Wildman–Crippen LogP) is 13.4. The molecule has 0 aliphatic heterocycles. The van der Waals surface area contributed by atoms with E-state index in [1.54, 1.807) is 6.08 Å². The number of phosphoric acid groups is 1. The van der Waals surface area contributed by atoms with E-state index in [9.17, 15) is 19.4 Å². The van der Waals surface area contributed by atoms with Gasteiger partial charge in [0.05, 0.1) is 25.4 Å². The van der Waals surface area contributed by atoms with Crippen molar-refractivity contribution in [2.75, 3.05) is 19.8 Å². The molecule has 0 aliphatic carbocycles. The number of amides is 1. The molecule has 1 amide bonds. The van der Waals surface area contributed by atoms with Crippen LogP contribution in [0.25, 0.3) is 0 Å². The van der Waals surface area contributed by atoms with E-state index in [0.717, 1.165) is 64.2 Å². The van der Waals surface area contributed by atoms with E-state index in [1.165, 1.54) is 122 Å². The van der Waals surface area contributed by atoms with Gasteiger partial charge in [0.1, 0.15) is 0 Å². The van der Waals surface area contributed by atoms with Crippen LogP contribution in [0, 0.1) is 0 Å². The van der Waals surface area contributed by atoms with Gasteiger partial charge in [-0.05, 0) is 57.8 Å². The molecule has 0 rings (SSSR count). The highest BCUT2D eigenvalue weighted by Crippen LogP contribution is 2.43. The molecule has 3 atom stereocenters. The van der Waals surface area contributed by atoms with E-state index in [2.05, 4.69) is 67.8 Å². The second kappa shape index (κ2) is 43.8. The summed E-state index contributed by atoms with van der Waals surface area (Å²) in [4.78, 5) is 22.8. The van der Waals surface area contributed by atoms with Crippen LogP contribution >= 0.6 is 7.82 Å². The Morgan fingerprint density at radius 2 is 1.02 bits per heavy atom. The van der Waals surface area contributed by atoms with Gasteiger partial charge >= 0.3 is 7.82 Å². The monoisotopic (exact) mass is 821 g/mol. The van der Waals surface area contributed by atoms with Crippen molar-refractivity contribution >= 4 is 13.7 Å². The van der Waals surface area contributed by atoms with Crippen LogP contribution in [0.4, 0.5) is 0 Å². The Balaban J connectivity index is 4.14. The fourth-order valence-electron chi connectivity index (χ4n) is 6.59. The van der Waals surface area contributed by atoms with Crippen LogP contribution in [0.1, 0.15) is 206 Å². The number of hydrogen-bond donors (Lipinski definition) is 4. The molecule has 8 nitrogen and oxygen atoms in total. The zero-order chi connectivity index (χ0) is 41.8. The lowest BCUT2D eigenvalue weighted by Gasteiger charge is -2.23. The molecule has 0 saturated carbocycles. The Labute approximate surface area is 351 Å². The van der Waals surface area contributed by atoms with Gasteiger partial charge in [-0.2, -0.15) is 0 Å². The van der Waals surface area contributed by atoms with Gasteiger partial charge < -0.3 is 21.1 Å². The first-order valence-corrected chi connectivity index (χ1v) is 24.9. The first kappa shape index (κ1) is 55.2. The molecule has 0 heterocycles. The molecule has 0 aromatic carbocycles. The topological polar surface area (TPSA) is 131 Å². The molecule has 0 aromatic heterocycles. The van der Waals surface area contributed by atoms with Crippen LogP contribution in [-0.2, 0) is 18.4 Å². The highest BCUT2D eigenvalue weighted by Gasteiger charge is 2.26. The molecule has 0 saturated heterocycles. The Hall–Kier alpha value is -1.80. The van der Waals surface area contributed by atoms with E-state index < -0.39 is 20.0 Å². The van der Waals surface area contributed by atoms with Crippen LogP contribution in [0.3, 0.4) is 0 Å². The maximum atomic E-state index is 12.8. The molecule has 5 N–H and O–H groups in total. The zero-order valence-electron chi connectivity index (χ0n) is 36.8. The number of rotatable bonds is 43. The summed E-state index contributed by atoms with van der Waals surface area (Å²) in [6, 6.07) is -0.865. The molecular formula is C48H89N2O6P. The average molecular weight is 821 g/mol. The van der Waals surface area contributed by atoms with Crippen LogP contribution in [0.5, 0.6) is 0 Å². The predicted molar refractivity (Wildman–Crippen MR) is 244 cm³/mol. The van der Waals surface area contributed by atoms with Crippen molar-refractivity contribution in [3.05, 3.63) is 60.8 Å². The maximum absolute atomic E-state index is 12.8. The fraction of sp³-hybridized carbons (Fsp3) is 0.771. The fourth-order valence-corrected chi connectivity index (χ4v) is 7.35. The van der Waals surface area contributed by atoms with E-state index in [1.807, 2.05) is 6.08 Å². The van der Waals surface area contributed by atoms with Gasteiger partial charge in [-0.3, -0.25) is 13.8 Å². The second-order valence-electron chi connectivity index (χ2n) is 15.6. The second-order valence-corrected chi connectivity index (χ2v) is 17.0. The van der Waals surface area contributed by atoms with Gasteiger partial charge in [0.25, 0.3) is 0 Å². The average Bonchev–Trinajstić information content (AvgIpc) is 3.20. The van der Waals surface area contributed by atoms with E-state index in [0.29, 0.717) is 6.42 Å². The van der Waals surface area contributed by atoms with E-state index in [-0.39, 0.29) is 25.7 Å². The molecule has 0 bridgehead atoms. The van der Waals surface area contributed by atoms with Crippen molar-refractivity contribution in [3.8, 4) is 0 Å². The highest BCUT2D eigenvalue weighted by atomic mass is 31.2. The Kier molecular flexibility index (Phi) is 42.4. The third-order valence-corrected chi connectivity index (χ3v) is 11.1. The lowest BCUT2D eigenvalue weighted by molar-refractivity contribution is -0.123. The molecule has 0 radical (unpaired) electrons. The Morgan fingerprint density at radius 1 is 0.596 bits per heavy atom. The Morgan fingerprint density at radius 3 is 1.49 bits per heavy atom. The number of phosphoric ester groups is 1. The number of hydrogen-bond acceptors (Lipinski definition) is 6. The summed E-state index contributed by atoms with van der Waals surface area (Å²) in [6.07, 6.45) is 55.5. The van der Waals surface area contributed by atoms with Crippen molar-refractivity contribution in [3.63, 3.8) is 0 Å². The largest absolute Gasteiger partial charge is 0.472 e. The summed E-state index contributed by atoms with van der Waals surface area (Å²) in [5, 5.41) is 13.7. The van der Waals surface area contributed by atoms with E-state index in [4.69, 9.17) is 14.8 Å². The summed E-state index contributed by atoms with van der Waals surface area (Å²) in [6.45, 7) is 4.02. The van der Waals surface area contributed by atoms with Crippen molar-refractivity contribution < 1.29 is 28.4 Å². The summed E-state index contributed by atoms with van der Waals surface area (Å²) in [7, 11) is -4.34. The van der Waals surface area contributed by atoms with Crippen molar-refractivity contribution in [1.82, 2.24) is 5.32 Å². The standard InChI is InChI=1S/C48H89N2O6P/c1-3-5-7-9-11-13-15-17-19-20-21-22-23-24-25-26-28-30-32-34-36-38-40-42-48(52)50-46(45-56-57(53,54)55-44-43-49)47(51)41-39-37-35-33-31-29-27-18-16-14-12-10-8-6-4-2/h5,7,11,13,17,19,21-22,39,41,46-47,51H,3-4,6,8-10,12,14-16,18,20,23-38,40,42-45,49H2,1-2H3,(H,50,52)(H,53,54)/b7-5-,13-11-,19-17-,22-21-,41-39+. The third kappa shape index (κ3) is 42.1. The van der Waals surface area contributed by atoms with Crippen molar-refractivity contribution in [1.29, 1.82) is 0 Å². The van der Waals surface area contributed by atoms with Gasteiger partial charge in [0, 0.05) is 13.0 Å². The molecule has 332 valence electrons. The minimum absolute atomic E-state index is 0.0758. The molecule has 0 aromatic rings. The number of unbranched alkanes of at least 4 members (excludes halogenated alkanes) is 23. The third-order valence-electron chi connectivity index (χ3n) is 10.1. The highest BCUT2D eigenvalue weighted by molar-refractivity contribution is 7.47. The number of nitrogens with two attached hydrogens (primary N) is 1. The number of nitrogens with one attached hydrogen (secondary N) is 1. The molecule has 57 heavy (non-hydrogen) atoms. The van der Waals surface area contributed by atoms with Gasteiger partial charge in [-0.1, -0.05) is 203 Å². The SMILES string of the molecule is CC/C=C\C/C=C\C/C=C\C/C=C\CCCCCCCCCCCCC(=O)NC(COP(=O)(O)OCCN)C(O)/C=C/CCCCCCCCCCCCCCC. The zero-order valence-corrected chi connectivity index (χ0v) is 37.7. The first-order valence-electron chi connectivity index (χ1n) is 23.4. The van der Waals surface area contributed by atoms with Gasteiger partial charge in [-0.25, -0.2) is 4.57 Å². The smallest absolute Gasteiger partial charge is 0.387 e. The van der Waals surface area contributed by atoms with Crippen LogP contribution < -0.4 is 11.1 Å². The van der Waals surface area contributed by atoms with Gasteiger partial charge in [-0.15, -0.1) is 0 Å². The number of aliphatic hydroxyl groups is 1. The molecule has 3 unspecified atom stereocenters. The lowest BCUT2D eigenvalue weighted by Crippen LogP contribution is -2.45. The van der Waals surface area contributed by atoms with Crippen molar-refractivity contribution in [2.45, 2.75) is 219 Å².